The Balaban J connectivity index is 2.20. The largest absolute Gasteiger partial charge is 0.508 e. The van der Waals surface area contributed by atoms with Crippen molar-refractivity contribution in [1.82, 2.24) is 0 Å². The van der Waals surface area contributed by atoms with Gasteiger partial charge in [-0.2, -0.15) is 0 Å². The Morgan fingerprint density at radius 3 is 2.12 bits per heavy atom. The zero-order valence-corrected chi connectivity index (χ0v) is 9.49. The molecule has 0 bridgehead atoms. The maximum Gasteiger partial charge on any atom is 0.118 e. The predicted molar refractivity (Wildman–Crippen MR) is 67.3 cm³/mol. The Kier molecular flexibility index (Phi) is 2.82. The van der Waals surface area contributed by atoms with Crippen molar-refractivity contribution in [1.29, 1.82) is 0 Å². The van der Waals surface area contributed by atoms with E-state index in [2.05, 4.69) is 24.4 Å². The van der Waals surface area contributed by atoms with Crippen molar-refractivity contribution in [2.45, 2.75) is 13.8 Å². The quantitative estimate of drug-likeness (QED) is 0.744. The molecule has 0 aromatic heterocycles. The molecule has 2 aromatic rings. The fourth-order valence-corrected chi connectivity index (χ4v) is 1.54. The van der Waals surface area contributed by atoms with Crippen molar-refractivity contribution in [2.24, 2.45) is 0 Å². The molecule has 0 fully saturated rings. The lowest BCUT2D eigenvalue weighted by atomic mass is 10.2. The van der Waals surface area contributed by atoms with Crippen LogP contribution in [0.25, 0.3) is 0 Å². The molecule has 0 spiro atoms. The number of anilines is 2. The minimum Gasteiger partial charge on any atom is -0.508 e. The molecule has 82 valence electrons. The van der Waals surface area contributed by atoms with E-state index < -0.39 is 0 Å². The number of benzene rings is 2. The van der Waals surface area contributed by atoms with Crippen molar-refractivity contribution in [3.8, 4) is 5.75 Å². The Bertz CT molecular complexity index is 489. The van der Waals surface area contributed by atoms with Gasteiger partial charge < -0.3 is 10.4 Å². The van der Waals surface area contributed by atoms with Crippen LogP contribution in [-0.2, 0) is 0 Å². The molecule has 0 aliphatic carbocycles. The van der Waals surface area contributed by atoms with E-state index in [1.807, 2.05) is 31.2 Å². The Morgan fingerprint density at radius 1 is 0.875 bits per heavy atom. The lowest BCUT2D eigenvalue weighted by Crippen LogP contribution is -1.90. The molecular formula is C14H15NO. The first kappa shape index (κ1) is 10.6. The van der Waals surface area contributed by atoms with Crippen molar-refractivity contribution in [2.75, 3.05) is 5.32 Å². The number of hydrogen-bond donors (Lipinski definition) is 2. The third-order valence-electron chi connectivity index (χ3n) is 2.54. The van der Waals surface area contributed by atoms with E-state index in [-0.39, 0.29) is 0 Å². The summed E-state index contributed by atoms with van der Waals surface area (Å²) in [5.41, 5.74) is 4.15. The van der Waals surface area contributed by atoms with Crippen LogP contribution in [0.3, 0.4) is 0 Å². The van der Waals surface area contributed by atoms with E-state index in [0.29, 0.717) is 5.75 Å². The van der Waals surface area contributed by atoms with Gasteiger partial charge in [-0.25, -0.2) is 0 Å². The highest BCUT2D eigenvalue weighted by Crippen LogP contribution is 2.23. The standard InChI is InChI=1S/C14H15NO/c1-10-3-5-12(6-4-10)15-13-7-8-14(16)11(2)9-13/h3-9,15-16H,1-2H3. The summed E-state index contributed by atoms with van der Waals surface area (Å²) in [4.78, 5) is 0. The highest BCUT2D eigenvalue weighted by Gasteiger charge is 1.98. The fraction of sp³-hybridized carbons (Fsp3) is 0.143. The number of rotatable bonds is 2. The van der Waals surface area contributed by atoms with Gasteiger partial charge in [-0.15, -0.1) is 0 Å². The van der Waals surface area contributed by atoms with Crippen LogP contribution in [0, 0.1) is 13.8 Å². The van der Waals surface area contributed by atoms with Crippen molar-refractivity contribution < 1.29 is 5.11 Å². The molecule has 0 aliphatic rings. The third-order valence-corrected chi connectivity index (χ3v) is 2.54. The number of aryl methyl sites for hydroxylation is 2. The van der Waals surface area contributed by atoms with Crippen LogP contribution in [0.15, 0.2) is 42.5 Å². The molecule has 2 nitrogen and oxygen atoms in total. The SMILES string of the molecule is Cc1ccc(Nc2ccc(O)c(C)c2)cc1. The van der Waals surface area contributed by atoms with Gasteiger partial charge in [-0.1, -0.05) is 17.7 Å². The van der Waals surface area contributed by atoms with E-state index in [0.717, 1.165) is 16.9 Å². The molecule has 0 unspecified atom stereocenters. The van der Waals surface area contributed by atoms with Crippen molar-refractivity contribution >= 4 is 11.4 Å². The van der Waals surface area contributed by atoms with Gasteiger partial charge in [0, 0.05) is 11.4 Å². The lowest BCUT2D eigenvalue weighted by Gasteiger charge is -2.08. The first-order valence-electron chi connectivity index (χ1n) is 5.28. The number of phenols is 1. The third kappa shape index (κ3) is 2.34. The van der Waals surface area contributed by atoms with Crippen LogP contribution in [0.2, 0.25) is 0 Å². The number of phenolic OH excluding ortho intramolecular Hbond substituents is 1. The molecular weight excluding hydrogens is 198 g/mol. The van der Waals surface area contributed by atoms with Crippen molar-refractivity contribution in [3.05, 3.63) is 53.6 Å². The van der Waals surface area contributed by atoms with E-state index in [1.54, 1.807) is 6.07 Å². The molecule has 2 aromatic carbocycles. The monoisotopic (exact) mass is 213 g/mol. The van der Waals surface area contributed by atoms with Gasteiger partial charge in [0.2, 0.25) is 0 Å². The average molecular weight is 213 g/mol. The molecule has 2 rings (SSSR count). The maximum absolute atomic E-state index is 9.42. The van der Waals surface area contributed by atoms with Gasteiger partial charge in [0.25, 0.3) is 0 Å². The van der Waals surface area contributed by atoms with E-state index in [9.17, 15) is 5.11 Å². The zero-order valence-electron chi connectivity index (χ0n) is 9.49. The van der Waals surface area contributed by atoms with Crippen LogP contribution < -0.4 is 5.32 Å². The second kappa shape index (κ2) is 4.27. The Morgan fingerprint density at radius 2 is 1.50 bits per heavy atom. The summed E-state index contributed by atoms with van der Waals surface area (Å²) in [6.07, 6.45) is 0. The smallest absolute Gasteiger partial charge is 0.118 e. The van der Waals surface area contributed by atoms with Gasteiger partial charge in [-0.3, -0.25) is 0 Å². The van der Waals surface area contributed by atoms with E-state index in [1.165, 1.54) is 5.56 Å². The normalized spacial score (nSPS) is 10.1. The minimum absolute atomic E-state index is 0.328. The number of aromatic hydroxyl groups is 1. The molecule has 0 saturated heterocycles. The molecule has 0 aliphatic heterocycles. The summed E-state index contributed by atoms with van der Waals surface area (Å²) < 4.78 is 0. The molecule has 0 saturated carbocycles. The fourth-order valence-electron chi connectivity index (χ4n) is 1.54. The summed E-state index contributed by atoms with van der Waals surface area (Å²) in [6, 6.07) is 13.7. The predicted octanol–water partition coefficient (Wildman–Crippen LogP) is 3.75. The van der Waals surface area contributed by atoms with Gasteiger partial charge in [0.1, 0.15) is 5.75 Å². The van der Waals surface area contributed by atoms with Crippen LogP contribution in [-0.4, -0.2) is 5.11 Å². The highest BCUT2D eigenvalue weighted by atomic mass is 16.3. The minimum atomic E-state index is 0.328. The van der Waals surface area contributed by atoms with Gasteiger partial charge >= 0.3 is 0 Å². The summed E-state index contributed by atoms with van der Waals surface area (Å²) in [5, 5.41) is 12.7. The average Bonchev–Trinajstić information content (AvgIpc) is 2.27. The lowest BCUT2D eigenvalue weighted by molar-refractivity contribution is 0.471. The zero-order chi connectivity index (χ0) is 11.5. The van der Waals surface area contributed by atoms with Gasteiger partial charge in [-0.05, 0) is 49.7 Å². The van der Waals surface area contributed by atoms with Crippen LogP contribution >= 0.6 is 0 Å². The van der Waals surface area contributed by atoms with Crippen LogP contribution in [0.4, 0.5) is 11.4 Å². The molecule has 2 heteroatoms. The van der Waals surface area contributed by atoms with E-state index >= 15 is 0 Å². The number of hydrogen-bond acceptors (Lipinski definition) is 2. The molecule has 0 radical (unpaired) electrons. The summed E-state index contributed by atoms with van der Waals surface area (Å²) in [7, 11) is 0. The first-order chi connectivity index (χ1) is 7.65. The highest BCUT2D eigenvalue weighted by molar-refractivity contribution is 5.61. The topological polar surface area (TPSA) is 32.3 Å². The summed E-state index contributed by atoms with van der Waals surface area (Å²) in [6.45, 7) is 3.95. The molecule has 2 N–H and O–H groups in total. The van der Waals surface area contributed by atoms with Gasteiger partial charge in [0.05, 0.1) is 0 Å². The number of nitrogens with one attached hydrogen (secondary N) is 1. The summed E-state index contributed by atoms with van der Waals surface area (Å²) >= 11 is 0. The molecule has 0 heterocycles. The maximum atomic E-state index is 9.42. The molecule has 0 amide bonds. The molecule has 16 heavy (non-hydrogen) atoms. The second-order valence-electron chi connectivity index (χ2n) is 3.99. The first-order valence-corrected chi connectivity index (χ1v) is 5.28. The Labute approximate surface area is 95.6 Å². The second-order valence-corrected chi connectivity index (χ2v) is 3.99. The van der Waals surface area contributed by atoms with E-state index in [4.69, 9.17) is 0 Å². The Hall–Kier alpha value is -1.96. The molecule has 0 atom stereocenters. The van der Waals surface area contributed by atoms with Gasteiger partial charge in [0.15, 0.2) is 0 Å². The van der Waals surface area contributed by atoms with Crippen LogP contribution in [0.5, 0.6) is 5.75 Å². The van der Waals surface area contributed by atoms with Crippen LogP contribution in [0.1, 0.15) is 11.1 Å². The van der Waals surface area contributed by atoms with Crippen molar-refractivity contribution in [3.63, 3.8) is 0 Å². The summed E-state index contributed by atoms with van der Waals surface area (Å²) in [5.74, 6) is 0.328.